The molecule has 0 amide bonds. The Balaban J connectivity index is 1.15. The molecule has 0 aliphatic heterocycles. The van der Waals surface area contributed by atoms with Crippen molar-refractivity contribution in [1.29, 1.82) is 0 Å². The van der Waals surface area contributed by atoms with E-state index in [2.05, 4.69) is 191 Å². The van der Waals surface area contributed by atoms with Gasteiger partial charge in [0.1, 0.15) is 6.34 Å². The second-order valence-electron chi connectivity index (χ2n) is 15.7. The van der Waals surface area contributed by atoms with Crippen LogP contribution in [0.1, 0.15) is 5.56 Å². The van der Waals surface area contributed by atoms with E-state index in [1.807, 2.05) is 30.6 Å². The van der Waals surface area contributed by atoms with Gasteiger partial charge in [0.15, 0.2) is 0 Å². The number of hydrogen-bond donors (Lipinski definition) is 1. The van der Waals surface area contributed by atoms with Crippen molar-refractivity contribution < 1.29 is 0 Å². The van der Waals surface area contributed by atoms with E-state index in [0.717, 1.165) is 33.6 Å². The van der Waals surface area contributed by atoms with Crippen LogP contribution in [0.25, 0.3) is 98.4 Å². The fourth-order valence-corrected chi connectivity index (χ4v) is 9.74. The van der Waals surface area contributed by atoms with Crippen molar-refractivity contribution in [3.05, 3.63) is 217 Å². The molecular weight excluding hydrogens is 729 g/mol. The monoisotopic (exact) mass is 766 g/mol. The number of allylic oxidation sites excluding steroid dienone is 2. The van der Waals surface area contributed by atoms with Crippen LogP contribution in [0, 0.1) is 0 Å². The van der Waals surface area contributed by atoms with Crippen LogP contribution in [0.5, 0.6) is 0 Å². The van der Waals surface area contributed by atoms with Gasteiger partial charge < -0.3 is 10.3 Å². The van der Waals surface area contributed by atoms with Gasteiger partial charge in [0.2, 0.25) is 0 Å². The highest BCUT2D eigenvalue weighted by atomic mass is 15.0. The minimum absolute atomic E-state index is 0.256. The molecule has 60 heavy (non-hydrogen) atoms. The number of fused-ring (bicyclic) bond motifs is 13. The van der Waals surface area contributed by atoms with Gasteiger partial charge in [-0.1, -0.05) is 164 Å². The highest BCUT2D eigenvalue weighted by molar-refractivity contribution is 6.38. The first kappa shape index (κ1) is 34.3. The van der Waals surface area contributed by atoms with E-state index in [4.69, 9.17) is 10.7 Å². The van der Waals surface area contributed by atoms with Gasteiger partial charge in [-0.15, -0.1) is 0 Å². The Morgan fingerprint density at radius 3 is 1.92 bits per heavy atom. The number of aliphatic imine (C=N–C) groups is 1. The lowest BCUT2D eigenvalue weighted by Crippen LogP contribution is -2.21. The SMILES string of the molecule is NC1C=CC=C/C1=C(/N=Cn1c2ccccc2c2c3c4ccccc4c(-c4ccc5c(c4)c4ccccc4n5-c4ccccc4)cc3c3ccccc3c21)c1ccccc1. The summed E-state index contributed by atoms with van der Waals surface area (Å²) in [6, 6.07) is 65.5. The first-order chi connectivity index (χ1) is 29.7. The Kier molecular flexibility index (Phi) is 7.80. The molecule has 2 N–H and O–H groups in total. The zero-order valence-corrected chi connectivity index (χ0v) is 32.7. The van der Waals surface area contributed by atoms with Gasteiger partial charge in [0.05, 0.1) is 33.8 Å². The molecule has 1 aliphatic rings. The van der Waals surface area contributed by atoms with E-state index < -0.39 is 0 Å². The van der Waals surface area contributed by atoms with Crippen LogP contribution in [-0.2, 0) is 0 Å². The van der Waals surface area contributed by atoms with Crippen molar-refractivity contribution in [2.24, 2.45) is 10.7 Å². The normalized spacial score (nSPS) is 15.2. The van der Waals surface area contributed by atoms with E-state index in [1.165, 1.54) is 76.0 Å². The summed E-state index contributed by atoms with van der Waals surface area (Å²) in [4.78, 5) is 5.33. The summed E-state index contributed by atoms with van der Waals surface area (Å²) < 4.78 is 4.68. The Hall–Kier alpha value is -7.79. The molecule has 0 bridgehead atoms. The molecule has 0 saturated heterocycles. The van der Waals surface area contributed by atoms with Crippen molar-refractivity contribution in [2.75, 3.05) is 0 Å². The standard InChI is InChI=1S/C56H38N4/c57-49-28-14-11-26-44(49)55(36-17-3-1-4-18-36)58-35-59-50-29-15-13-27-45(50)54-53-42-24-9-7-21-39(42)46(34-48(53)40-22-8-10-25-43(40)56(54)59)37-31-32-52-47(33-37)41-23-12-16-30-51(41)60(52)38-19-5-2-6-20-38/h1-35,49H,57H2/b55-44-,58-35?. The van der Waals surface area contributed by atoms with Crippen molar-refractivity contribution >= 4 is 88.0 Å². The van der Waals surface area contributed by atoms with E-state index >= 15 is 0 Å². The quantitative estimate of drug-likeness (QED) is 0.106. The predicted octanol–water partition coefficient (Wildman–Crippen LogP) is 13.8. The molecular formula is C56H38N4. The van der Waals surface area contributed by atoms with Gasteiger partial charge in [-0.25, -0.2) is 4.99 Å². The molecule has 9 aromatic carbocycles. The third-order valence-corrected chi connectivity index (χ3v) is 12.4. The molecule has 2 heterocycles. The maximum absolute atomic E-state index is 6.69. The molecule has 1 atom stereocenters. The molecule has 0 radical (unpaired) electrons. The fraction of sp³-hybridized carbons (Fsp3) is 0.0179. The Bertz CT molecular complexity index is 3650. The lowest BCUT2D eigenvalue weighted by Gasteiger charge is -2.17. The van der Waals surface area contributed by atoms with Crippen molar-refractivity contribution in [3.8, 4) is 16.8 Å². The molecule has 2 aromatic heterocycles. The van der Waals surface area contributed by atoms with Crippen LogP contribution in [0.4, 0.5) is 0 Å². The van der Waals surface area contributed by atoms with Crippen molar-refractivity contribution in [2.45, 2.75) is 6.04 Å². The van der Waals surface area contributed by atoms with Crippen LogP contribution in [0.3, 0.4) is 0 Å². The highest BCUT2D eigenvalue weighted by Crippen LogP contribution is 2.46. The average molecular weight is 767 g/mol. The van der Waals surface area contributed by atoms with Gasteiger partial charge >= 0.3 is 0 Å². The first-order valence-corrected chi connectivity index (χ1v) is 20.5. The Morgan fingerprint density at radius 1 is 0.500 bits per heavy atom. The van der Waals surface area contributed by atoms with Crippen LogP contribution in [0.2, 0.25) is 0 Å². The Morgan fingerprint density at radius 2 is 1.13 bits per heavy atom. The number of benzene rings is 9. The summed E-state index contributed by atoms with van der Waals surface area (Å²) in [5.74, 6) is 0. The second kappa shape index (κ2) is 13.7. The average Bonchev–Trinajstić information content (AvgIpc) is 3.82. The highest BCUT2D eigenvalue weighted by Gasteiger charge is 2.22. The third-order valence-electron chi connectivity index (χ3n) is 12.4. The number of rotatable bonds is 5. The van der Waals surface area contributed by atoms with Crippen LogP contribution in [0.15, 0.2) is 217 Å². The largest absolute Gasteiger partial charge is 0.321 e. The van der Waals surface area contributed by atoms with Crippen LogP contribution >= 0.6 is 0 Å². The maximum atomic E-state index is 6.69. The minimum atomic E-state index is -0.256. The summed E-state index contributed by atoms with van der Waals surface area (Å²) in [5, 5.41) is 12.2. The van der Waals surface area contributed by atoms with Gasteiger partial charge in [0.25, 0.3) is 0 Å². The Labute approximate surface area is 346 Å². The summed E-state index contributed by atoms with van der Waals surface area (Å²) >= 11 is 0. The number of nitrogens with zero attached hydrogens (tertiary/aromatic N) is 3. The van der Waals surface area contributed by atoms with E-state index in [0.29, 0.717) is 0 Å². The second-order valence-corrected chi connectivity index (χ2v) is 15.7. The number of hydrogen-bond acceptors (Lipinski definition) is 2. The van der Waals surface area contributed by atoms with E-state index in [1.54, 1.807) is 0 Å². The molecule has 4 heteroatoms. The molecule has 1 aliphatic carbocycles. The van der Waals surface area contributed by atoms with Crippen LogP contribution < -0.4 is 5.73 Å². The van der Waals surface area contributed by atoms with E-state index in [-0.39, 0.29) is 6.04 Å². The van der Waals surface area contributed by atoms with Crippen molar-refractivity contribution in [3.63, 3.8) is 0 Å². The lowest BCUT2D eigenvalue weighted by atomic mass is 9.88. The molecule has 0 saturated carbocycles. The third kappa shape index (κ3) is 5.18. The molecule has 282 valence electrons. The number of nitrogens with two attached hydrogens (primary N) is 1. The molecule has 4 nitrogen and oxygen atoms in total. The summed E-state index contributed by atoms with van der Waals surface area (Å²) in [5.41, 5.74) is 17.8. The summed E-state index contributed by atoms with van der Waals surface area (Å²) in [6.45, 7) is 0. The topological polar surface area (TPSA) is 48.2 Å². The van der Waals surface area contributed by atoms with Gasteiger partial charge in [-0.05, 0) is 80.7 Å². The fourth-order valence-electron chi connectivity index (χ4n) is 9.74. The van der Waals surface area contributed by atoms with Gasteiger partial charge in [-0.3, -0.25) is 4.57 Å². The summed E-state index contributed by atoms with van der Waals surface area (Å²) in [6.07, 6.45) is 10.2. The molecule has 12 rings (SSSR count). The zero-order valence-electron chi connectivity index (χ0n) is 32.7. The molecule has 0 fully saturated rings. The van der Waals surface area contributed by atoms with Gasteiger partial charge in [-0.2, -0.15) is 0 Å². The predicted molar refractivity (Wildman–Crippen MR) is 255 cm³/mol. The molecule has 11 aromatic rings. The van der Waals surface area contributed by atoms with Crippen LogP contribution in [-0.4, -0.2) is 21.5 Å². The lowest BCUT2D eigenvalue weighted by molar-refractivity contribution is 0.970. The van der Waals surface area contributed by atoms with Crippen molar-refractivity contribution in [1.82, 2.24) is 9.13 Å². The van der Waals surface area contributed by atoms with E-state index in [9.17, 15) is 0 Å². The minimum Gasteiger partial charge on any atom is -0.321 e. The zero-order chi connectivity index (χ0) is 39.7. The number of para-hydroxylation sites is 3. The smallest absolute Gasteiger partial charge is 0.100 e. The molecule has 0 spiro atoms. The van der Waals surface area contributed by atoms with Gasteiger partial charge in [0, 0.05) is 43.6 Å². The maximum Gasteiger partial charge on any atom is 0.100 e. The number of aromatic nitrogens is 2. The molecule has 1 unspecified atom stereocenters. The summed E-state index contributed by atoms with van der Waals surface area (Å²) in [7, 11) is 0. The first-order valence-electron chi connectivity index (χ1n) is 20.5.